The van der Waals surface area contributed by atoms with Gasteiger partial charge in [-0.25, -0.2) is 4.98 Å². The summed E-state index contributed by atoms with van der Waals surface area (Å²) in [4.78, 5) is 4.08. The molecule has 2 aromatic rings. The lowest BCUT2D eigenvalue weighted by molar-refractivity contribution is 0.513. The van der Waals surface area contributed by atoms with Gasteiger partial charge in [-0.3, -0.25) is 0 Å². The smallest absolute Gasteiger partial charge is 0.165 e. The predicted molar refractivity (Wildman–Crippen MR) is 64.3 cm³/mol. The van der Waals surface area contributed by atoms with Crippen molar-refractivity contribution in [2.45, 2.75) is 6.42 Å². The van der Waals surface area contributed by atoms with Crippen LogP contribution >= 0.6 is 0 Å². The maximum Gasteiger partial charge on any atom is 0.165 e. The van der Waals surface area contributed by atoms with Crippen LogP contribution in [0.4, 0.5) is 11.5 Å². The van der Waals surface area contributed by atoms with Crippen molar-refractivity contribution in [1.29, 1.82) is 5.26 Å². The van der Waals surface area contributed by atoms with Crippen LogP contribution in [0.3, 0.4) is 0 Å². The second-order valence-electron chi connectivity index (χ2n) is 3.50. The van der Waals surface area contributed by atoms with Gasteiger partial charge < -0.3 is 15.5 Å². The van der Waals surface area contributed by atoms with Crippen LogP contribution in [0.5, 0.6) is 0 Å². The highest BCUT2D eigenvalue weighted by Crippen LogP contribution is 2.12. The van der Waals surface area contributed by atoms with E-state index in [-0.39, 0.29) is 5.69 Å². The first-order chi connectivity index (χ1) is 8.29. The van der Waals surface area contributed by atoms with Crippen molar-refractivity contribution in [2.75, 3.05) is 17.6 Å². The maximum atomic E-state index is 8.78. The standard InChI is InChI=1S/C12H12N4O/c13-8-11-10(14)3-4-12(16-11)15-6-5-9-2-1-7-17-9/h1-4,7H,5-6,14H2,(H,15,16). The minimum Gasteiger partial charge on any atom is -0.469 e. The molecule has 0 aromatic carbocycles. The molecule has 2 aromatic heterocycles. The molecule has 5 heteroatoms. The first-order valence-electron chi connectivity index (χ1n) is 5.22. The van der Waals surface area contributed by atoms with Gasteiger partial charge in [0.05, 0.1) is 12.0 Å². The molecule has 0 aliphatic carbocycles. The fourth-order valence-electron chi connectivity index (χ4n) is 1.43. The molecule has 0 bridgehead atoms. The van der Waals surface area contributed by atoms with Crippen LogP contribution in [0.15, 0.2) is 34.9 Å². The largest absolute Gasteiger partial charge is 0.469 e. The molecule has 17 heavy (non-hydrogen) atoms. The molecule has 2 heterocycles. The Balaban J connectivity index is 1.93. The Morgan fingerprint density at radius 1 is 1.41 bits per heavy atom. The minimum absolute atomic E-state index is 0.244. The number of pyridine rings is 1. The molecule has 5 nitrogen and oxygen atoms in total. The molecule has 3 N–H and O–H groups in total. The van der Waals surface area contributed by atoms with Gasteiger partial charge in [0.15, 0.2) is 5.69 Å². The Bertz CT molecular complexity index is 528. The van der Waals surface area contributed by atoms with Crippen molar-refractivity contribution in [3.05, 3.63) is 42.0 Å². The zero-order valence-corrected chi connectivity index (χ0v) is 9.18. The van der Waals surface area contributed by atoms with Crippen LogP contribution in [0.1, 0.15) is 11.5 Å². The lowest BCUT2D eigenvalue weighted by atomic mass is 10.3. The molecule has 0 saturated heterocycles. The lowest BCUT2D eigenvalue weighted by Crippen LogP contribution is -2.07. The topological polar surface area (TPSA) is 87.9 Å². The van der Waals surface area contributed by atoms with Crippen molar-refractivity contribution in [1.82, 2.24) is 4.98 Å². The van der Waals surface area contributed by atoms with Crippen molar-refractivity contribution < 1.29 is 4.42 Å². The monoisotopic (exact) mass is 228 g/mol. The number of nitrogens with zero attached hydrogens (tertiary/aromatic N) is 2. The molecule has 2 rings (SSSR count). The van der Waals surface area contributed by atoms with E-state index in [9.17, 15) is 0 Å². The van der Waals surface area contributed by atoms with E-state index in [1.165, 1.54) is 0 Å². The molecule has 0 amide bonds. The van der Waals surface area contributed by atoms with Crippen LogP contribution in [0, 0.1) is 11.3 Å². The third kappa shape index (κ3) is 2.75. The Labute approximate surface area is 98.9 Å². The second-order valence-corrected chi connectivity index (χ2v) is 3.50. The molecule has 0 fully saturated rings. The lowest BCUT2D eigenvalue weighted by Gasteiger charge is -2.05. The molecule has 0 atom stereocenters. The van der Waals surface area contributed by atoms with Gasteiger partial charge in [0, 0.05) is 13.0 Å². The van der Waals surface area contributed by atoms with E-state index in [1.807, 2.05) is 18.2 Å². The number of nitrogens with one attached hydrogen (secondary N) is 1. The van der Waals surface area contributed by atoms with E-state index in [1.54, 1.807) is 18.4 Å². The number of nitriles is 1. The fourth-order valence-corrected chi connectivity index (χ4v) is 1.43. The van der Waals surface area contributed by atoms with Crippen molar-refractivity contribution in [2.24, 2.45) is 0 Å². The highest BCUT2D eigenvalue weighted by atomic mass is 16.3. The predicted octanol–water partition coefficient (Wildman–Crippen LogP) is 1.78. The van der Waals surface area contributed by atoms with E-state index in [0.717, 1.165) is 12.2 Å². The number of hydrogen-bond acceptors (Lipinski definition) is 5. The Kier molecular flexibility index (Phi) is 3.26. The number of nitrogen functional groups attached to an aromatic ring is 1. The summed E-state index contributed by atoms with van der Waals surface area (Å²) in [5.74, 6) is 1.55. The zero-order chi connectivity index (χ0) is 12.1. The van der Waals surface area contributed by atoms with Gasteiger partial charge in [-0.15, -0.1) is 0 Å². The number of rotatable bonds is 4. The minimum atomic E-state index is 0.244. The summed E-state index contributed by atoms with van der Waals surface area (Å²) in [6.45, 7) is 0.690. The van der Waals surface area contributed by atoms with Crippen LogP contribution in [-0.4, -0.2) is 11.5 Å². The first kappa shape index (κ1) is 11.0. The number of furan rings is 1. The summed E-state index contributed by atoms with van der Waals surface area (Å²) in [6, 6.07) is 9.13. The summed E-state index contributed by atoms with van der Waals surface area (Å²) in [5, 5.41) is 11.9. The zero-order valence-electron chi connectivity index (χ0n) is 9.18. The van der Waals surface area contributed by atoms with Gasteiger partial charge in [0.1, 0.15) is 17.6 Å². The maximum absolute atomic E-state index is 8.78. The summed E-state index contributed by atoms with van der Waals surface area (Å²) in [7, 11) is 0. The Morgan fingerprint density at radius 2 is 2.29 bits per heavy atom. The van der Waals surface area contributed by atoms with Crippen LogP contribution < -0.4 is 11.1 Å². The summed E-state index contributed by atoms with van der Waals surface area (Å²) in [5.41, 5.74) is 6.21. The number of nitrogens with two attached hydrogens (primary N) is 1. The summed E-state index contributed by atoms with van der Waals surface area (Å²) in [6.07, 6.45) is 2.41. The highest BCUT2D eigenvalue weighted by Gasteiger charge is 2.02. The van der Waals surface area contributed by atoms with Gasteiger partial charge in [0.25, 0.3) is 0 Å². The molecule has 0 saturated carbocycles. The SMILES string of the molecule is N#Cc1nc(NCCc2ccco2)ccc1N. The van der Waals surface area contributed by atoms with Crippen LogP contribution in [-0.2, 0) is 6.42 Å². The van der Waals surface area contributed by atoms with Crippen molar-refractivity contribution >= 4 is 11.5 Å². The summed E-state index contributed by atoms with van der Waals surface area (Å²) >= 11 is 0. The molecule has 0 aliphatic rings. The van der Waals surface area contributed by atoms with Gasteiger partial charge in [-0.05, 0) is 24.3 Å². The summed E-state index contributed by atoms with van der Waals surface area (Å²) < 4.78 is 5.20. The van der Waals surface area contributed by atoms with Crippen molar-refractivity contribution in [3.8, 4) is 6.07 Å². The van der Waals surface area contributed by atoms with Crippen molar-refractivity contribution in [3.63, 3.8) is 0 Å². The van der Waals surface area contributed by atoms with E-state index >= 15 is 0 Å². The van der Waals surface area contributed by atoms with E-state index in [0.29, 0.717) is 18.1 Å². The first-order valence-corrected chi connectivity index (χ1v) is 5.22. The Hall–Kier alpha value is -2.48. The van der Waals surface area contributed by atoms with Gasteiger partial charge in [-0.2, -0.15) is 5.26 Å². The molecule has 86 valence electrons. The third-order valence-corrected chi connectivity index (χ3v) is 2.29. The van der Waals surface area contributed by atoms with Crippen LogP contribution in [0.25, 0.3) is 0 Å². The molecule has 0 unspecified atom stereocenters. The molecular formula is C12H12N4O. The van der Waals surface area contributed by atoms with E-state index < -0.39 is 0 Å². The average molecular weight is 228 g/mol. The van der Waals surface area contributed by atoms with Gasteiger partial charge >= 0.3 is 0 Å². The average Bonchev–Trinajstić information content (AvgIpc) is 2.84. The van der Waals surface area contributed by atoms with Gasteiger partial charge in [0.2, 0.25) is 0 Å². The molecular weight excluding hydrogens is 216 g/mol. The molecule has 0 radical (unpaired) electrons. The number of aromatic nitrogens is 1. The normalized spacial score (nSPS) is 9.82. The second kappa shape index (κ2) is 5.03. The quantitative estimate of drug-likeness (QED) is 0.832. The third-order valence-electron chi connectivity index (χ3n) is 2.29. The molecule has 0 spiro atoms. The Morgan fingerprint density at radius 3 is 3.00 bits per heavy atom. The number of anilines is 2. The van der Waals surface area contributed by atoms with E-state index in [4.69, 9.17) is 15.4 Å². The molecule has 0 aliphatic heterocycles. The van der Waals surface area contributed by atoms with Crippen LogP contribution in [0.2, 0.25) is 0 Å². The number of hydrogen-bond donors (Lipinski definition) is 2. The highest BCUT2D eigenvalue weighted by molar-refractivity contribution is 5.54. The van der Waals surface area contributed by atoms with E-state index in [2.05, 4.69) is 10.3 Å². The van der Waals surface area contributed by atoms with Gasteiger partial charge in [-0.1, -0.05) is 0 Å². The fraction of sp³-hybridized carbons (Fsp3) is 0.167.